The van der Waals surface area contributed by atoms with Gasteiger partial charge in [-0.05, 0) is 98.9 Å². The summed E-state index contributed by atoms with van der Waals surface area (Å²) in [4.78, 5) is 16.1. The average Bonchev–Trinajstić information content (AvgIpc) is 3.11. The number of rotatable bonds is 9. The summed E-state index contributed by atoms with van der Waals surface area (Å²) < 4.78 is 46.5. The van der Waals surface area contributed by atoms with Crippen LogP contribution in [-0.4, -0.2) is 34.9 Å². The molecule has 4 rings (SSSR count). The molecule has 40 heavy (non-hydrogen) atoms. The number of amides is 1. The Morgan fingerprint density at radius 1 is 0.950 bits per heavy atom. The number of hydrogen-bond donors (Lipinski definition) is 1. The van der Waals surface area contributed by atoms with Gasteiger partial charge in [0.15, 0.2) is 5.11 Å². The number of nitriles is 1. The van der Waals surface area contributed by atoms with Crippen LogP contribution in [0.4, 0.5) is 24.5 Å². The molecule has 1 saturated heterocycles. The second kappa shape index (κ2) is 11.7. The van der Waals surface area contributed by atoms with Crippen molar-refractivity contribution in [2.75, 3.05) is 23.0 Å². The van der Waals surface area contributed by atoms with Crippen molar-refractivity contribution < 1.29 is 27.8 Å². The Kier molecular flexibility index (Phi) is 8.47. The number of aliphatic hydroxyl groups excluding tert-OH is 1. The summed E-state index contributed by atoms with van der Waals surface area (Å²) in [6.45, 7) is 4.08. The van der Waals surface area contributed by atoms with Crippen molar-refractivity contribution in [3.63, 3.8) is 0 Å². The third-order valence-electron chi connectivity index (χ3n) is 6.74. The number of nitrogens with zero attached hydrogens (tertiary/aromatic N) is 3. The number of alkyl halides is 3. The zero-order valence-corrected chi connectivity index (χ0v) is 22.9. The molecule has 1 fully saturated rings. The number of hydrogen-bond acceptors (Lipinski definition) is 5. The van der Waals surface area contributed by atoms with Gasteiger partial charge in [-0.25, -0.2) is 0 Å². The van der Waals surface area contributed by atoms with E-state index in [1.807, 2.05) is 48.5 Å². The van der Waals surface area contributed by atoms with Crippen LogP contribution < -0.4 is 14.5 Å². The molecule has 6 nitrogen and oxygen atoms in total. The van der Waals surface area contributed by atoms with Gasteiger partial charge in [-0.15, -0.1) is 0 Å². The number of halogens is 3. The fourth-order valence-electron chi connectivity index (χ4n) is 4.59. The SMILES string of the molecule is CC1(C)C(=O)N(c2ccc(C#N)c(C(F)(F)F)c2)C(=S)N1c1ccc(-c2ccc(OCCCCCO)cc2)cc1. The zero-order valence-electron chi connectivity index (χ0n) is 22.0. The van der Waals surface area contributed by atoms with Crippen LogP contribution in [0.15, 0.2) is 66.7 Å². The number of carbonyl (C=O) groups excluding carboxylic acids is 1. The van der Waals surface area contributed by atoms with E-state index in [2.05, 4.69) is 0 Å². The fourth-order valence-corrected chi connectivity index (χ4v) is 5.11. The molecule has 0 aromatic heterocycles. The maximum Gasteiger partial charge on any atom is 0.417 e. The van der Waals surface area contributed by atoms with Gasteiger partial charge in [0.1, 0.15) is 11.3 Å². The number of benzene rings is 3. The molecule has 1 aliphatic rings. The molecule has 0 spiro atoms. The summed E-state index contributed by atoms with van der Waals surface area (Å²) in [5.74, 6) is 0.273. The van der Waals surface area contributed by atoms with Crippen molar-refractivity contribution in [2.24, 2.45) is 0 Å². The largest absolute Gasteiger partial charge is 0.494 e. The molecule has 1 amide bonds. The minimum Gasteiger partial charge on any atom is -0.494 e. The van der Waals surface area contributed by atoms with Crippen molar-refractivity contribution in [3.05, 3.63) is 77.9 Å². The molecule has 0 atom stereocenters. The van der Waals surface area contributed by atoms with Crippen LogP contribution in [0, 0.1) is 11.3 Å². The molecule has 0 aliphatic carbocycles. The lowest BCUT2D eigenvalue weighted by Gasteiger charge is -2.29. The molecule has 0 bridgehead atoms. The van der Waals surface area contributed by atoms with Gasteiger partial charge in [0.2, 0.25) is 0 Å². The quantitative estimate of drug-likeness (QED) is 0.229. The van der Waals surface area contributed by atoms with E-state index in [0.717, 1.165) is 53.2 Å². The third-order valence-corrected chi connectivity index (χ3v) is 7.10. The molecular formula is C30H28F3N3O3S. The van der Waals surface area contributed by atoms with Crippen LogP contribution in [0.5, 0.6) is 5.75 Å². The van der Waals surface area contributed by atoms with Gasteiger partial charge in [0.25, 0.3) is 5.91 Å². The average molecular weight is 568 g/mol. The van der Waals surface area contributed by atoms with E-state index >= 15 is 0 Å². The van der Waals surface area contributed by atoms with Crippen molar-refractivity contribution in [3.8, 4) is 22.9 Å². The second-order valence-corrected chi connectivity index (χ2v) is 10.2. The standard InChI is InChI=1S/C30H28F3N3O3S/c1-29(2)27(38)35(24-13-8-22(19-34)26(18-24)30(31,32)33)28(40)36(29)23-11-6-20(7-12-23)21-9-14-25(15-10-21)39-17-5-3-4-16-37/h6-15,18,37H,3-5,16-17H2,1-2H3. The predicted molar refractivity (Wildman–Crippen MR) is 151 cm³/mol. The van der Waals surface area contributed by atoms with Crippen molar-refractivity contribution >= 4 is 34.6 Å². The predicted octanol–water partition coefficient (Wildman–Crippen LogP) is 6.70. The van der Waals surface area contributed by atoms with E-state index in [1.165, 1.54) is 6.07 Å². The van der Waals surface area contributed by atoms with Gasteiger partial charge in [-0.2, -0.15) is 18.4 Å². The lowest BCUT2D eigenvalue weighted by molar-refractivity contribution is -0.137. The lowest BCUT2D eigenvalue weighted by Crippen LogP contribution is -2.44. The summed E-state index contributed by atoms with van der Waals surface area (Å²) in [5, 5.41) is 18.0. The van der Waals surface area contributed by atoms with E-state index < -0.39 is 28.7 Å². The Bertz CT molecular complexity index is 1430. The molecule has 1 heterocycles. The van der Waals surface area contributed by atoms with Crippen LogP contribution in [0.1, 0.15) is 44.2 Å². The zero-order chi connectivity index (χ0) is 29.1. The molecule has 1 aliphatic heterocycles. The monoisotopic (exact) mass is 567 g/mol. The van der Waals surface area contributed by atoms with Gasteiger partial charge in [0, 0.05) is 12.3 Å². The van der Waals surface area contributed by atoms with Crippen LogP contribution in [0.3, 0.4) is 0 Å². The number of unbranched alkanes of at least 4 members (excludes halogenated alkanes) is 2. The fraction of sp³-hybridized carbons (Fsp3) is 0.300. The smallest absolute Gasteiger partial charge is 0.417 e. The van der Waals surface area contributed by atoms with Crippen LogP contribution >= 0.6 is 12.2 Å². The highest BCUT2D eigenvalue weighted by Crippen LogP contribution is 2.40. The number of thiocarbonyl (C=S) groups is 1. The topological polar surface area (TPSA) is 76.8 Å². The first-order chi connectivity index (χ1) is 19.0. The molecule has 1 N–H and O–H groups in total. The van der Waals surface area contributed by atoms with Crippen LogP contribution in [-0.2, 0) is 11.0 Å². The highest BCUT2D eigenvalue weighted by molar-refractivity contribution is 7.81. The highest BCUT2D eigenvalue weighted by Gasteiger charge is 2.50. The van der Waals surface area contributed by atoms with Crippen LogP contribution in [0.25, 0.3) is 11.1 Å². The van der Waals surface area contributed by atoms with Gasteiger partial charge < -0.3 is 14.7 Å². The van der Waals surface area contributed by atoms with E-state index in [0.29, 0.717) is 12.3 Å². The minimum atomic E-state index is -4.76. The normalized spacial score (nSPS) is 14.9. The maximum absolute atomic E-state index is 13.6. The summed E-state index contributed by atoms with van der Waals surface area (Å²) in [7, 11) is 0. The van der Waals surface area contributed by atoms with Crippen molar-refractivity contribution in [1.29, 1.82) is 5.26 Å². The Labute approximate surface area is 236 Å². The first-order valence-electron chi connectivity index (χ1n) is 12.7. The van der Waals surface area contributed by atoms with Crippen molar-refractivity contribution in [1.82, 2.24) is 0 Å². The van der Waals surface area contributed by atoms with E-state index in [9.17, 15) is 18.0 Å². The van der Waals surface area contributed by atoms with Gasteiger partial charge in [0.05, 0.1) is 29.5 Å². The molecule has 0 saturated carbocycles. The molecule has 0 unspecified atom stereocenters. The molecule has 3 aromatic rings. The number of ether oxygens (including phenoxy) is 1. The molecule has 208 valence electrons. The lowest BCUT2D eigenvalue weighted by atomic mass is 10.0. The molecule has 0 radical (unpaired) electrons. The summed E-state index contributed by atoms with van der Waals surface area (Å²) in [6, 6.07) is 19.7. The van der Waals surface area contributed by atoms with E-state index in [1.54, 1.807) is 24.8 Å². The van der Waals surface area contributed by atoms with Crippen LogP contribution in [0.2, 0.25) is 0 Å². The maximum atomic E-state index is 13.6. The van der Waals surface area contributed by atoms with E-state index in [-0.39, 0.29) is 17.4 Å². The van der Waals surface area contributed by atoms with Gasteiger partial charge in [-0.3, -0.25) is 9.69 Å². The van der Waals surface area contributed by atoms with E-state index in [4.69, 9.17) is 27.3 Å². The van der Waals surface area contributed by atoms with Crippen molar-refractivity contribution in [2.45, 2.75) is 44.8 Å². The summed E-state index contributed by atoms with van der Waals surface area (Å²) in [5.41, 5.74) is -0.379. The van der Waals surface area contributed by atoms with Gasteiger partial charge >= 0.3 is 6.18 Å². The first-order valence-corrected chi connectivity index (χ1v) is 13.1. The Morgan fingerprint density at radius 2 is 1.55 bits per heavy atom. The summed E-state index contributed by atoms with van der Waals surface area (Å²) >= 11 is 5.61. The Balaban J connectivity index is 1.54. The second-order valence-electron chi connectivity index (χ2n) is 9.86. The Hall–Kier alpha value is -3.94. The minimum absolute atomic E-state index is 0.0427. The van der Waals surface area contributed by atoms with Gasteiger partial charge in [-0.1, -0.05) is 24.3 Å². The number of anilines is 2. The first kappa shape index (κ1) is 29.1. The number of carbonyl (C=O) groups is 1. The molecule has 10 heteroatoms. The third kappa shape index (κ3) is 5.81. The number of aliphatic hydroxyl groups is 1. The molecular weight excluding hydrogens is 539 g/mol. The Morgan fingerprint density at radius 3 is 2.12 bits per heavy atom. The highest BCUT2D eigenvalue weighted by atomic mass is 32.1. The molecule has 3 aromatic carbocycles. The summed E-state index contributed by atoms with van der Waals surface area (Å²) in [6.07, 6.45) is -2.23.